The number of aliphatic hydroxyl groups is 3. The summed E-state index contributed by atoms with van der Waals surface area (Å²) in [6, 6.07) is 0. The number of methoxy groups -OCH3 is 2. The highest BCUT2D eigenvalue weighted by atomic mass is 16.7. The van der Waals surface area contributed by atoms with Crippen molar-refractivity contribution in [2.45, 2.75) is 197 Å². The van der Waals surface area contributed by atoms with Crippen LogP contribution in [0.4, 0.5) is 0 Å². The summed E-state index contributed by atoms with van der Waals surface area (Å²) < 4.78 is 63.5. The molecule has 5 saturated heterocycles. The van der Waals surface area contributed by atoms with Crippen molar-refractivity contribution in [1.82, 2.24) is 0 Å². The highest BCUT2D eigenvalue weighted by Gasteiger charge is 2.60. The molecule has 1 spiro atoms. The summed E-state index contributed by atoms with van der Waals surface area (Å²) in [7, 11) is 3.23. The van der Waals surface area contributed by atoms with Crippen LogP contribution in [0.5, 0.6) is 0 Å². The molecule has 0 aromatic rings. The Bertz CT molecular complexity index is 1630. The second-order valence-electron chi connectivity index (χ2n) is 18.4. The number of carbonyl (C=O) groups is 1. The van der Waals surface area contributed by atoms with E-state index in [1.807, 2.05) is 13.0 Å². The second kappa shape index (κ2) is 19.0. The van der Waals surface area contributed by atoms with Crippen LogP contribution in [0.2, 0.25) is 0 Å². The number of esters is 1. The molecule has 0 saturated carbocycles. The Balaban J connectivity index is 1.18. The normalized spacial score (nSPS) is 47.8. The molecular weight excluding hydrogens is 776 g/mol. The predicted molar refractivity (Wildman–Crippen MR) is 218 cm³/mol. The van der Waals surface area contributed by atoms with E-state index >= 15 is 0 Å². The van der Waals surface area contributed by atoms with Gasteiger partial charge in [0.15, 0.2) is 18.4 Å². The molecule has 14 heteroatoms. The Morgan fingerprint density at radius 2 is 1.60 bits per heavy atom. The summed E-state index contributed by atoms with van der Waals surface area (Å²) >= 11 is 0. The fourth-order valence-electron chi connectivity index (χ4n) is 10.4. The van der Waals surface area contributed by atoms with Gasteiger partial charge >= 0.3 is 5.97 Å². The van der Waals surface area contributed by atoms with Crippen LogP contribution in [0.1, 0.15) is 99.8 Å². The van der Waals surface area contributed by atoms with Crippen molar-refractivity contribution in [3.05, 3.63) is 47.1 Å². The zero-order valence-corrected chi connectivity index (χ0v) is 36.9. The third-order valence-electron chi connectivity index (χ3n) is 14.3. The van der Waals surface area contributed by atoms with Gasteiger partial charge in [0.1, 0.15) is 42.0 Å². The Hall–Kier alpha value is -2.05. The van der Waals surface area contributed by atoms with E-state index in [9.17, 15) is 20.1 Å². The van der Waals surface area contributed by atoms with E-state index in [-0.39, 0.29) is 30.8 Å². The van der Waals surface area contributed by atoms with Gasteiger partial charge in [0.25, 0.3) is 0 Å². The van der Waals surface area contributed by atoms with Crippen molar-refractivity contribution in [3.63, 3.8) is 0 Å². The SMILES string of the molecule is CC[C@H]1C=CC=C2CO[C@@H]3[C@@H](O)C(C)=C[C@@H](C(=O)O[C@H]4C[C@@H](CC=C(C)[C@H]1O[C@H]1C[C@H](OC)[C@@H](O[C@H]5C[C@H](OC)[C@@H](O)[C@H](C)O5)[C@H](C)O1)O[C@@]1(CC[C@H](C)[C@@H](C)O1)C4)[C@]23O. The maximum Gasteiger partial charge on any atom is 0.316 e. The van der Waals surface area contributed by atoms with Gasteiger partial charge in [-0.1, -0.05) is 44.2 Å². The Labute approximate surface area is 355 Å². The van der Waals surface area contributed by atoms with E-state index < -0.39 is 90.8 Å². The molecule has 338 valence electrons. The molecule has 0 aromatic heterocycles. The van der Waals surface area contributed by atoms with Gasteiger partial charge in [-0.3, -0.25) is 4.79 Å². The molecule has 1 aliphatic carbocycles. The number of allylic oxidation sites excluding steroid dienone is 2. The van der Waals surface area contributed by atoms with Crippen molar-refractivity contribution < 1.29 is 67.5 Å². The molecule has 14 nitrogen and oxygen atoms in total. The van der Waals surface area contributed by atoms with Crippen LogP contribution < -0.4 is 0 Å². The minimum absolute atomic E-state index is 0.0400. The number of hydrogen-bond donors (Lipinski definition) is 3. The van der Waals surface area contributed by atoms with E-state index in [2.05, 4.69) is 39.8 Å². The van der Waals surface area contributed by atoms with Crippen molar-refractivity contribution in [3.8, 4) is 0 Å². The maximum atomic E-state index is 14.3. The number of ether oxygens (including phenoxy) is 10. The molecule has 2 bridgehead atoms. The fourth-order valence-corrected chi connectivity index (χ4v) is 10.4. The molecular formula is C46H70O14. The highest BCUT2D eigenvalue weighted by molar-refractivity contribution is 5.78. The average molecular weight is 847 g/mol. The van der Waals surface area contributed by atoms with Crippen LogP contribution >= 0.6 is 0 Å². The molecule has 7 rings (SSSR count). The summed E-state index contributed by atoms with van der Waals surface area (Å²) in [5.74, 6) is -2.34. The Morgan fingerprint density at radius 1 is 0.883 bits per heavy atom. The molecule has 0 amide bonds. The van der Waals surface area contributed by atoms with Gasteiger partial charge in [0.2, 0.25) is 0 Å². The molecule has 0 aromatic carbocycles. The first-order valence-corrected chi connectivity index (χ1v) is 22.3. The van der Waals surface area contributed by atoms with Crippen LogP contribution in [0.25, 0.3) is 0 Å². The van der Waals surface area contributed by atoms with Gasteiger partial charge in [-0.25, -0.2) is 0 Å². The number of hydrogen-bond acceptors (Lipinski definition) is 14. The molecule has 60 heavy (non-hydrogen) atoms. The lowest BCUT2D eigenvalue weighted by molar-refractivity contribution is -0.332. The molecule has 19 atom stereocenters. The summed E-state index contributed by atoms with van der Waals surface area (Å²) in [6.07, 6.45) is 6.40. The summed E-state index contributed by atoms with van der Waals surface area (Å²) in [5.41, 5.74) is 0.212. The topological polar surface area (TPSA) is 170 Å². The Kier molecular flexibility index (Phi) is 14.5. The fraction of sp³-hybridized carbons (Fsp3) is 0.804. The third kappa shape index (κ3) is 9.28. The van der Waals surface area contributed by atoms with Gasteiger partial charge in [0, 0.05) is 52.2 Å². The highest BCUT2D eigenvalue weighted by Crippen LogP contribution is 2.47. The third-order valence-corrected chi connectivity index (χ3v) is 14.3. The van der Waals surface area contributed by atoms with E-state index in [0.717, 1.165) is 18.4 Å². The Morgan fingerprint density at radius 3 is 2.32 bits per heavy atom. The quantitative estimate of drug-likeness (QED) is 0.232. The molecule has 7 aliphatic rings. The standard InChI is InChI=1S/C46H70O14/c1-10-30-12-11-13-31-23-53-43-39(47)26(4)18-34(46(31,43)50)44(49)56-33-19-32(60-45(22-33)17-16-24(2)27(5)59-45)15-14-25(3)41(30)57-38-21-36(52-9)42(29(7)55-38)58-37-20-35(51-8)40(48)28(6)54-37/h11-14,18,24,27-30,32-43,47-48,50H,10,15-17,19-23H2,1-9H3/t24-,27+,28-,29-,30-,32+,33-,34-,35-,36-,37-,38-,39-,40-,41+,42-,43+,45-,46+/m0/s1. The van der Waals surface area contributed by atoms with Gasteiger partial charge in [-0.15, -0.1) is 0 Å². The van der Waals surface area contributed by atoms with E-state index in [1.54, 1.807) is 40.2 Å². The first kappa shape index (κ1) is 46.0. The van der Waals surface area contributed by atoms with Crippen LogP contribution in [0.3, 0.4) is 0 Å². The van der Waals surface area contributed by atoms with Gasteiger partial charge < -0.3 is 62.7 Å². The molecule has 6 aliphatic heterocycles. The summed E-state index contributed by atoms with van der Waals surface area (Å²) in [4.78, 5) is 14.3. The zero-order valence-electron chi connectivity index (χ0n) is 36.9. The minimum Gasteiger partial charge on any atom is -0.462 e. The first-order chi connectivity index (χ1) is 28.6. The minimum atomic E-state index is -1.82. The lowest BCUT2D eigenvalue weighted by atomic mass is 9.71. The largest absolute Gasteiger partial charge is 0.462 e. The van der Waals surface area contributed by atoms with Crippen molar-refractivity contribution in [2.24, 2.45) is 17.8 Å². The molecule has 6 heterocycles. The summed E-state index contributed by atoms with van der Waals surface area (Å²) in [6.45, 7) is 13.9. The first-order valence-electron chi connectivity index (χ1n) is 22.3. The molecule has 5 fully saturated rings. The van der Waals surface area contributed by atoms with Crippen LogP contribution in [0.15, 0.2) is 47.1 Å². The maximum absolute atomic E-state index is 14.3. The lowest BCUT2D eigenvalue weighted by Crippen LogP contribution is -2.58. The smallest absolute Gasteiger partial charge is 0.316 e. The van der Waals surface area contributed by atoms with Crippen LogP contribution in [-0.2, 0) is 52.2 Å². The number of aliphatic hydroxyl groups excluding tert-OH is 2. The molecule has 3 N–H and O–H groups in total. The van der Waals surface area contributed by atoms with Gasteiger partial charge in [-0.05, 0) is 76.5 Å². The lowest BCUT2D eigenvalue weighted by Gasteiger charge is -2.49. The van der Waals surface area contributed by atoms with Gasteiger partial charge in [-0.2, -0.15) is 0 Å². The van der Waals surface area contributed by atoms with E-state index in [1.165, 1.54) is 0 Å². The van der Waals surface area contributed by atoms with Crippen molar-refractivity contribution in [2.75, 3.05) is 20.8 Å². The molecule has 0 unspecified atom stereocenters. The number of carbonyl (C=O) groups excluding carboxylic acids is 1. The summed E-state index contributed by atoms with van der Waals surface area (Å²) in [5, 5.41) is 34.2. The van der Waals surface area contributed by atoms with Crippen molar-refractivity contribution >= 4 is 5.97 Å². The monoisotopic (exact) mass is 846 g/mol. The predicted octanol–water partition coefficient (Wildman–Crippen LogP) is 4.97. The zero-order chi connectivity index (χ0) is 43.1. The van der Waals surface area contributed by atoms with Crippen molar-refractivity contribution in [1.29, 1.82) is 0 Å². The van der Waals surface area contributed by atoms with E-state index in [4.69, 9.17) is 47.4 Å². The van der Waals surface area contributed by atoms with Crippen LogP contribution in [0, 0.1) is 17.8 Å². The number of fused-ring (bicyclic) bond motifs is 2. The average Bonchev–Trinajstić information content (AvgIpc) is 3.55. The molecule has 0 radical (unpaired) electrons. The van der Waals surface area contributed by atoms with E-state index in [0.29, 0.717) is 55.6 Å². The van der Waals surface area contributed by atoms with Crippen LogP contribution in [-0.4, -0.2) is 139 Å². The number of rotatable bonds is 7. The van der Waals surface area contributed by atoms with Gasteiger partial charge in [0.05, 0.1) is 49.3 Å². The second-order valence-corrected chi connectivity index (χ2v) is 18.4.